The van der Waals surface area contributed by atoms with E-state index in [2.05, 4.69) is 41.7 Å². The van der Waals surface area contributed by atoms with Crippen LogP contribution in [0.4, 0.5) is 5.69 Å². The zero-order valence-corrected chi connectivity index (χ0v) is 11.9. The number of hydrogen-bond acceptors (Lipinski definition) is 1. The minimum Gasteiger partial charge on any atom is -0.378 e. The summed E-state index contributed by atoms with van der Waals surface area (Å²) in [6, 6.07) is 15.3. The number of hydrogen-bond donors (Lipinski definition) is 1. The molecule has 0 spiro atoms. The largest absolute Gasteiger partial charge is 0.378 e. The third kappa shape index (κ3) is 2.62. The van der Waals surface area contributed by atoms with Crippen LogP contribution in [0, 0.1) is 6.92 Å². The lowest BCUT2D eigenvalue weighted by molar-refractivity contribution is 0.600. The summed E-state index contributed by atoms with van der Waals surface area (Å²) in [7, 11) is 0. The fourth-order valence-corrected chi connectivity index (χ4v) is 2.97. The molecule has 1 unspecified atom stereocenters. The SMILES string of the molecule is Cc1ccc(NC2CCCc3ccccc32)cc1Cl. The molecule has 98 valence electrons. The topological polar surface area (TPSA) is 12.0 Å². The highest BCUT2D eigenvalue weighted by Gasteiger charge is 2.19. The fourth-order valence-electron chi connectivity index (χ4n) is 2.79. The van der Waals surface area contributed by atoms with E-state index >= 15 is 0 Å². The number of benzene rings is 2. The average Bonchev–Trinajstić information content (AvgIpc) is 2.43. The second-order valence-corrected chi connectivity index (χ2v) is 5.66. The van der Waals surface area contributed by atoms with Crippen LogP contribution in [0.25, 0.3) is 0 Å². The molecule has 0 bridgehead atoms. The smallest absolute Gasteiger partial charge is 0.0516 e. The van der Waals surface area contributed by atoms with E-state index in [1.54, 1.807) is 0 Å². The molecule has 1 nitrogen and oxygen atoms in total. The third-order valence-electron chi connectivity index (χ3n) is 3.88. The second-order valence-electron chi connectivity index (χ2n) is 5.25. The van der Waals surface area contributed by atoms with Gasteiger partial charge in [-0.3, -0.25) is 0 Å². The van der Waals surface area contributed by atoms with E-state index in [1.807, 2.05) is 13.0 Å². The van der Waals surface area contributed by atoms with Gasteiger partial charge in [0.15, 0.2) is 0 Å². The summed E-state index contributed by atoms with van der Waals surface area (Å²) >= 11 is 6.19. The van der Waals surface area contributed by atoms with Gasteiger partial charge in [-0.1, -0.05) is 41.9 Å². The van der Waals surface area contributed by atoms with Crippen molar-refractivity contribution in [2.45, 2.75) is 32.2 Å². The van der Waals surface area contributed by atoms with E-state index in [9.17, 15) is 0 Å². The number of fused-ring (bicyclic) bond motifs is 1. The van der Waals surface area contributed by atoms with Crippen molar-refractivity contribution in [3.63, 3.8) is 0 Å². The molecule has 1 N–H and O–H groups in total. The highest BCUT2D eigenvalue weighted by atomic mass is 35.5. The standard InChI is InChI=1S/C17H18ClN/c1-12-9-10-14(11-16(12)18)19-17-8-4-6-13-5-2-3-7-15(13)17/h2-3,5,7,9-11,17,19H,4,6,8H2,1H3. The Morgan fingerprint density at radius 1 is 1.16 bits per heavy atom. The van der Waals surface area contributed by atoms with E-state index < -0.39 is 0 Å². The van der Waals surface area contributed by atoms with E-state index in [-0.39, 0.29) is 0 Å². The molecule has 1 aliphatic carbocycles. The van der Waals surface area contributed by atoms with Gasteiger partial charge in [0.05, 0.1) is 6.04 Å². The van der Waals surface area contributed by atoms with Gasteiger partial charge < -0.3 is 5.32 Å². The van der Waals surface area contributed by atoms with Crippen molar-refractivity contribution in [3.05, 3.63) is 64.2 Å². The van der Waals surface area contributed by atoms with Crippen LogP contribution in [0.5, 0.6) is 0 Å². The fraction of sp³-hybridized carbons (Fsp3) is 0.294. The maximum atomic E-state index is 6.19. The summed E-state index contributed by atoms with van der Waals surface area (Å²) in [5.74, 6) is 0. The number of halogens is 1. The van der Waals surface area contributed by atoms with E-state index in [4.69, 9.17) is 11.6 Å². The maximum absolute atomic E-state index is 6.19. The minimum atomic E-state index is 0.406. The van der Waals surface area contributed by atoms with Crippen molar-refractivity contribution in [2.24, 2.45) is 0 Å². The van der Waals surface area contributed by atoms with Gasteiger partial charge in [0.2, 0.25) is 0 Å². The Bertz CT molecular complexity index is 592. The lowest BCUT2D eigenvalue weighted by Gasteiger charge is -2.27. The quantitative estimate of drug-likeness (QED) is 0.798. The predicted octanol–water partition coefficient (Wildman–Crippen LogP) is 5.14. The van der Waals surface area contributed by atoms with Crippen molar-refractivity contribution in [2.75, 3.05) is 5.32 Å². The molecule has 0 saturated heterocycles. The Morgan fingerprint density at radius 2 is 2.00 bits per heavy atom. The van der Waals surface area contributed by atoms with Crippen LogP contribution >= 0.6 is 11.6 Å². The summed E-state index contributed by atoms with van der Waals surface area (Å²) in [4.78, 5) is 0. The van der Waals surface area contributed by atoms with E-state index in [1.165, 1.54) is 30.4 Å². The van der Waals surface area contributed by atoms with Gasteiger partial charge in [-0.2, -0.15) is 0 Å². The Balaban J connectivity index is 1.86. The van der Waals surface area contributed by atoms with Crippen molar-refractivity contribution in [1.82, 2.24) is 0 Å². The molecule has 1 atom stereocenters. The van der Waals surface area contributed by atoms with Crippen LogP contribution in [-0.2, 0) is 6.42 Å². The molecule has 19 heavy (non-hydrogen) atoms. The van der Waals surface area contributed by atoms with Crippen molar-refractivity contribution in [1.29, 1.82) is 0 Å². The van der Waals surface area contributed by atoms with Gasteiger partial charge in [0.25, 0.3) is 0 Å². The monoisotopic (exact) mass is 271 g/mol. The van der Waals surface area contributed by atoms with Crippen LogP contribution in [0.15, 0.2) is 42.5 Å². The molecule has 2 aromatic carbocycles. The van der Waals surface area contributed by atoms with Crippen LogP contribution in [0.1, 0.15) is 35.6 Å². The van der Waals surface area contributed by atoms with Crippen molar-refractivity contribution >= 4 is 17.3 Å². The number of aryl methyl sites for hydroxylation is 2. The van der Waals surface area contributed by atoms with Crippen LogP contribution in [-0.4, -0.2) is 0 Å². The molecular formula is C17H18ClN. The number of anilines is 1. The predicted molar refractivity (Wildman–Crippen MR) is 81.9 cm³/mol. The van der Waals surface area contributed by atoms with Crippen molar-refractivity contribution < 1.29 is 0 Å². The molecule has 0 fully saturated rings. The van der Waals surface area contributed by atoms with Crippen LogP contribution in [0.2, 0.25) is 5.02 Å². The summed E-state index contributed by atoms with van der Waals surface area (Å²) in [6.45, 7) is 2.03. The molecule has 0 saturated carbocycles. The van der Waals surface area contributed by atoms with Gasteiger partial charge >= 0.3 is 0 Å². The Labute approximate surface area is 119 Å². The van der Waals surface area contributed by atoms with Gasteiger partial charge in [0, 0.05) is 10.7 Å². The lowest BCUT2D eigenvalue weighted by Crippen LogP contribution is -2.17. The average molecular weight is 272 g/mol. The first-order valence-electron chi connectivity index (χ1n) is 6.84. The molecule has 3 rings (SSSR count). The van der Waals surface area contributed by atoms with Gasteiger partial charge in [0.1, 0.15) is 0 Å². The minimum absolute atomic E-state index is 0.406. The summed E-state index contributed by atoms with van der Waals surface area (Å²) in [6.07, 6.45) is 3.62. The zero-order valence-electron chi connectivity index (χ0n) is 11.1. The van der Waals surface area contributed by atoms with Gasteiger partial charge in [-0.05, 0) is 55.0 Å². The van der Waals surface area contributed by atoms with Crippen molar-refractivity contribution in [3.8, 4) is 0 Å². The lowest BCUT2D eigenvalue weighted by atomic mass is 9.87. The second kappa shape index (κ2) is 5.26. The maximum Gasteiger partial charge on any atom is 0.0516 e. The summed E-state index contributed by atoms with van der Waals surface area (Å²) < 4.78 is 0. The molecule has 0 heterocycles. The molecule has 0 radical (unpaired) electrons. The molecule has 2 aromatic rings. The van der Waals surface area contributed by atoms with E-state index in [0.29, 0.717) is 6.04 Å². The highest BCUT2D eigenvalue weighted by molar-refractivity contribution is 6.31. The molecular weight excluding hydrogens is 254 g/mol. The Hall–Kier alpha value is -1.47. The van der Waals surface area contributed by atoms with Gasteiger partial charge in [-0.15, -0.1) is 0 Å². The molecule has 0 aliphatic heterocycles. The summed E-state index contributed by atoms with van der Waals surface area (Å²) in [5, 5.41) is 4.45. The van der Waals surface area contributed by atoms with Crippen LogP contribution in [0.3, 0.4) is 0 Å². The number of rotatable bonds is 2. The Kier molecular flexibility index (Phi) is 3.48. The zero-order chi connectivity index (χ0) is 13.2. The summed E-state index contributed by atoms with van der Waals surface area (Å²) in [5.41, 5.74) is 5.14. The first-order chi connectivity index (χ1) is 9.24. The molecule has 0 amide bonds. The third-order valence-corrected chi connectivity index (χ3v) is 4.29. The first kappa shape index (κ1) is 12.6. The molecule has 2 heteroatoms. The highest BCUT2D eigenvalue weighted by Crippen LogP contribution is 2.33. The normalized spacial score (nSPS) is 17.9. The Morgan fingerprint density at radius 3 is 2.84 bits per heavy atom. The molecule has 0 aromatic heterocycles. The first-order valence-corrected chi connectivity index (χ1v) is 7.22. The van der Waals surface area contributed by atoms with E-state index in [0.717, 1.165) is 16.3 Å². The number of nitrogens with one attached hydrogen (secondary N) is 1. The van der Waals surface area contributed by atoms with Crippen LogP contribution < -0.4 is 5.32 Å². The van der Waals surface area contributed by atoms with Gasteiger partial charge in [-0.25, -0.2) is 0 Å². The molecule has 1 aliphatic rings.